The number of fused-ring (bicyclic) bond motifs is 5. The van der Waals surface area contributed by atoms with Crippen LogP contribution in [0.25, 0.3) is 0 Å². The minimum absolute atomic E-state index is 0.0958. The van der Waals surface area contributed by atoms with E-state index in [0.717, 1.165) is 30.6 Å². The minimum Gasteiger partial charge on any atom is -0.462 e. The Morgan fingerprint density at radius 2 is 1.96 bits per heavy atom. The van der Waals surface area contributed by atoms with E-state index in [1.54, 1.807) is 5.57 Å². The summed E-state index contributed by atoms with van der Waals surface area (Å²) in [4.78, 5) is 11.9. The summed E-state index contributed by atoms with van der Waals surface area (Å²) in [6.45, 7) is 6.60. The fourth-order valence-corrected chi connectivity index (χ4v) is 7.95. The molecule has 134 valence electrons. The van der Waals surface area contributed by atoms with Crippen molar-refractivity contribution in [2.24, 2.45) is 28.6 Å². The quantitative estimate of drug-likeness (QED) is 0.326. The molecule has 0 aromatic carbocycles. The van der Waals surface area contributed by atoms with Gasteiger partial charge in [0.2, 0.25) is 0 Å². The Balaban J connectivity index is 1.64. The molecule has 0 spiro atoms. The predicted molar refractivity (Wildman–Crippen MR) is 100.0 cm³/mol. The zero-order chi connectivity index (χ0) is 17.1. The highest BCUT2D eigenvalue weighted by Crippen LogP contribution is 2.65. The van der Waals surface area contributed by atoms with Crippen molar-refractivity contribution in [2.45, 2.75) is 83.1 Å². The first kappa shape index (κ1) is 17.1. The molecule has 0 aliphatic heterocycles. The molecular weight excluding hydrogens is 364 g/mol. The molecule has 3 saturated carbocycles. The fraction of sp³-hybridized carbons (Fsp3) is 0.857. The topological polar surface area (TPSA) is 26.3 Å². The van der Waals surface area contributed by atoms with Gasteiger partial charge in [0.15, 0.2) is 0 Å². The molecule has 3 unspecified atom stereocenters. The van der Waals surface area contributed by atoms with Crippen LogP contribution in [0.1, 0.15) is 72.1 Å². The zero-order valence-corrected chi connectivity index (χ0v) is 16.9. The number of alkyl halides is 1. The standard InChI is InChI=1S/C21H31BrO2/c1-13(23)24-15-6-10-21(3)14(11-15)12-18(22)19-16-5-4-8-20(16,2)9-7-17(19)21/h12,15-19H,4-11H2,1-3H3/t15-,16?,17?,18+,19?,20-,21-/m0/s1. The summed E-state index contributed by atoms with van der Waals surface area (Å²) in [6, 6.07) is 0. The first-order valence-electron chi connectivity index (χ1n) is 9.86. The van der Waals surface area contributed by atoms with E-state index in [1.807, 2.05) is 0 Å². The molecule has 4 rings (SSSR count). The van der Waals surface area contributed by atoms with Crippen LogP contribution in [0.2, 0.25) is 0 Å². The van der Waals surface area contributed by atoms with Crippen molar-refractivity contribution < 1.29 is 9.53 Å². The molecule has 3 fully saturated rings. The number of carbonyl (C=O) groups is 1. The van der Waals surface area contributed by atoms with E-state index in [9.17, 15) is 4.79 Å². The van der Waals surface area contributed by atoms with Gasteiger partial charge in [-0.25, -0.2) is 0 Å². The van der Waals surface area contributed by atoms with Crippen molar-refractivity contribution in [3.05, 3.63) is 11.6 Å². The maximum Gasteiger partial charge on any atom is 0.302 e. The second-order valence-electron chi connectivity index (χ2n) is 9.40. The number of hydrogen-bond acceptors (Lipinski definition) is 2. The monoisotopic (exact) mass is 394 g/mol. The minimum atomic E-state index is -0.132. The van der Waals surface area contributed by atoms with Crippen molar-refractivity contribution in [1.29, 1.82) is 0 Å². The molecule has 0 aromatic heterocycles. The molecule has 7 atom stereocenters. The highest BCUT2D eigenvalue weighted by Gasteiger charge is 2.58. The average Bonchev–Trinajstić information content (AvgIpc) is 2.90. The van der Waals surface area contributed by atoms with Gasteiger partial charge >= 0.3 is 5.97 Å². The molecule has 3 heteroatoms. The number of allylic oxidation sites excluding steroid dienone is 1. The lowest BCUT2D eigenvalue weighted by Gasteiger charge is -2.58. The Morgan fingerprint density at radius 1 is 1.17 bits per heavy atom. The van der Waals surface area contributed by atoms with Gasteiger partial charge in [-0.15, -0.1) is 0 Å². The van der Waals surface area contributed by atoms with Gasteiger partial charge in [0.1, 0.15) is 6.10 Å². The first-order chi connectivity index (χ1) is 11.3. The van der Waals surface area contributed by atoms with Crippen LogP contribution in [0.4, 0.5) is 0 Å². The summed E-state index contributed by atoms with van der Waals surface area (Å²) < 4.78 is 5.55. The highest BCUT2D eigenvalue weighted by atomic mass is 79.9. The van der Waals surface area contributed by atoms with E-state index in [0.29, 0.717) is 15.7 Å². The molecule has 0 aromatic rings. The van der Waals surface area contributed by atoms with Gasteiger partial charge in [-0.2, -0.15) is 0 Å². The number of esters is 1. The summed E-state index contributed by atoms with van der Waals surface area (Å²) in [5, 5.41) is 0. The summed E-state index contributed by atoms with van der Waals surface area (Å²) in [6.07, 6.45) is 12.8. The lowest BCUT2D eigenvalue weighted by Crippen LogP contribution is -2.52. The van der Waals surface area contributed by atoms with Gasteiger partial charge in [0.25, 0.3) is 0 Å². The van der Waals surface area contributed by atoms with Gasteiger partial charge < -0.3 is 4.74 Å². The van der Waals surface area contributed by atoms with E-state index < -0.39 is 0 Å². The Morgan fingerprint density at radius 3 is 2.71 bits per heavy atom. The molecule has 0 N–H and O–H groups in total. The largest absolute Gasteiger partial charge is 0.462 e. The van der Waals surface area contributed by atoms with Gasteiger partial charge in [-0.3, -0.25) is 4.79 Å². The van der Waals surface area contributed by atoms with Crippen LogP contribution < -0.4 is 0 Å². The van der Waals surface area contributed by atoms with Crippen LogP contribution in [0.3, 0.4) is 0 Å². The molecule has 4 aliphatic rings. The Labute approximate surface area is 154 Å². The number of hydrogen-bond donors (Lipinski definition) is 0. The smallest absolute Gasteiger partial charge is 0.302 e. The number of carbonyl (C=O) groups excluding carboxylic acids is 1. The number of ether oxygens (including phenoxy) is 1. The summed E-state index contributed by atoms with van der Waals surface area (Å²) >= 11 is 4.06. The van der Waals surface area contributed by atoms with Gasteiger partial charge in [0.05, 0.1) is 0 Å². The normalized spacial score (nSPS) is 50.3. The summed E-state index contributed by atoms with van der Waals surface area (Å²) in [5.74, 6) is 2.36. The lowest BCUT2D eigenvalue weighted by atomic mass is 9.48. The van der Waals surface area contributed by atoms with Gasteiger partial charge in [-0.05, 0) is 67.1 Å². The fourth-order valence-electron chi connectivity index (χ4n) is 6.89. The highest BCUT2D eigenvalue weighted by molar-refractivity contribution is 9.09. The molecule has 24 heavy (non-hydrogen) atoms. The van der Waals surface area contributed by atoms with Gasteiger partial charge in [0, 0.05) is 18.2 Å². The van der Waals surface area contributed by atoms with E-state index in [2.05, 4.69) is 35.9 Å². The van der Waals surface area contributed by atoms with Crippen LogP contribution in [0.5, 0.6) is 0 Å². The third-order valence-corrected chi connectivity index (χ3v) is 9.03. The van der Waals surface area contributed by atoms with E-state index in [1.165, 1.54) is 45.4 Å². The molecule has 0 bridgehead atoms. The molecule has 2 nitrogen and oxygen atoms in total. The third-order valence-electron chi connectivity index (χ3n) is 8.16. The molecule has 0 amide bonds. The van der Waals surface area contributed by atoms with Crippen molar-refractivity contribution in [3.8, 4) is 0 Å². The molecule has 0 heterocycles. The summed E-state index contributed by atoms with van der Waals surface area (Å²) in [7, 11) is 0. The number of rotatable bonds is 1. The zero-order valence-electron chi connectivity index (χ0n) is 15.3. The first-order valence-corrected chi connectivity index (χ1v) is 10.8. The third kappa shape index (κ3) is 2.52. The SMILES string of the molecule is CC(=O)O[C@H]1CC[C@@]2(C)C(=C[C@@H](Br)C3C4CCC[C@@]4(C)CCC32)C1. The van der Waals surface area contributed by atoms with E-state index >= 15 is 0 Å². The molecule has 0 saturated heterocycles. The van der Waals surface area contributed by atoms with Crippen molar-refractivity contribution >= 4 is 21.9 Å². The van der Waals surface area contributed by atoms with Crippen LogP contribution >= 0.6 is 15.9 Å². The Bertz CT molecular complexity index is 570. The van der Waals surface area contributed by atoms with Crippen LogP contribution in [-0.4, -0.2) is 16.9 Å². The second-order valence-corrected chi connectivity index (χ2v) is 10.5. The van der Waals surface area contributed by atoms with E-state index in [-0.39, 0.29) is 12.1 Å². The average molecular weight is 395 g/mol. The van der Waals surface area contributed by atoms with Crippen molar-refractivity contribution in [3.63, 3.8) is 0 Å². The predicted octanol–water partition coefficient (Wildman–Crippen LogP) is 5.64. The maximum absolute atomic E-state index is 11.4. The van der Waals surface area contributed by atoms with Gasteiger partial charge in [-0.1, -0.05) is 47.8 Å². The van der Waals surface area contributed by atoms with Crippen LogP contribution in [0.15, 0.2) is 11.6 Å². The van der Waals surface area contributed by atoms with E-state index in [4.69, 9.17) is 4.74 Å². The summed E-state index contributed by atoms with van der Waals surface area (Å²) in [5.41, 5.74) is 2.48. The van der Waals surface area contributed by atoms with Crippen LogP contribution in [0, 0.1) is 28.6 Å². The van der Waals surface area contributed by atoms with Crippen molar-refractivity contribution in [2.75, 3.05) is 0 Å². The second kappa shape index (κ2) is 5.86. The maximum atomic E-state index is 11.4. The Hall–Kier alpha value is -0.310. The molecular formula is C21H31BrO2. The Kier molecular flexibility index (Phi) is 4.18. The van der Waals surface area contributed by atoms with Crippen molar-refractivity contribution in [1.82, 2.24) is 0 Å². The number of halogens is 1. The van der Waals surface area contributed by atoms with Crippen LogP contribution in [-0.2, 0) is 9.53 Å². The lowest BCUT2D eigenvalue weighted by molar-refractivity contribution is -0.148. The molecule has 4 aliphatic carbocycles. The molecule has 0 radical (unpaired) electrons.